The largest absolute Gasteiger partial charge is 0.492 e. The van der Waals surface area contributed by atoms with Gasteiger partial charge in [0.05, 0.1) is 0 Å². The normalized spacial score (nSPS) is 13.2. The van der Waals surface area contributed by atoms with Crippen LogP contribution in [0.3, 0.4) is 0 Å². The SMILES string of the molecule is Cc1cccc(OCC(C(=O)O)C(F)(F)F)c1. The van der Waals surface area contributed by atoms with Crippen LogP contribution in [0.25, 0.3) is 0 Å². The summed E-state index contributed by atoms with van der Waals surface area (Å²) in [7, 11) is 0. The Labute approximate surface area is 95.8 Å². The molecule has 0 fully saturated rings. The lowest BCUT2D eigenvalue weighted by Gasteiger charge is -2.16. The van der Waals surface area contributed by atoms with Gasteiger partial charge in [-0.05, 0) is 24.6 Å². The molecule has 0 saturated carbocycles. The highest BCUT2D eigenvalue weighted by molar-refractivity contribution is 5.71. The first-order chi connectivity index (χ1) is 7.80. The highest BCUT2D eigenvalue weighted by Gasteiger charge is 2.45. The lowest BCUT2D eigenvalue weighted by Crippen LogP contribution is -2.35. The van der Waals surface area contributed by atoms with Crippen LogP contribution in [-0.4, -0.2) is 23.9 Å². The molecule has 0 aromatic heterocycles. The van der Waals surface area contributed by atoms with Gasteiger partial charge in [-0.15, -0.1) is 0 Å². The van der Waals surface area contributed by atoms with Gasteiger partial charge in [0.25, 0.3) is 0 Å². The average molecular weight is 248 g/mol. The van der Waals surface area contributed by atoms with Crippen LogP contribution in [0.4, 0.5) is 13.2 Å². The number of alkyl halides is 3. The van der Waals surface area contributed by atoms with Gasteiger partial charge in [0, 0.05) is 0 Å². The molecule has 0 amide bonds. The number of aliphatic carboxylic acids is 1. The molecule has 1 aromatic carbocycles. The summed E-state index contributed by atoms with van der Waals surface area (Å²) < 4.78 is 41.7. The highest BCUT2D eigenvalue weighted by Crippen LogP contribution is 2.27. The van der Waals surface area contributed by atoms with Crippen LogP contribution in [0.1, 0.15) is 5.56 Å². The standard InChI is InChI=1S/C11H11F3O3/c1-7-3-2-4-8(5-7)17-6-9(10(15)16)11(12,13)14/h2-5,9H,6H2,1H3,(H,15,16). The molecule has 3 nitrogen and oxygen atoms in total. The summed E-state index contributed by atoms with van der Waals surface area (Å²) in [5.74, 6) is -4.23. The molecule has 0 aliphatic heterocycles. The molecule has 0 spiro atoms. The summed E-state index contributed by atoms with van der Waals surface area (Å²) in [5, 5.41) is 8.44. The number of carbonyl (C=O) groups is 1. The predicted octanol–water partition coefficient (Wildman–Crippen LogP) is 2.64. The molecule has 0 aliphatic carbocycles. The molecule has 1 aromatic rings. The van der Waals surface area contributed by atoms with Crippen LogP contribution in [-0.2, 0) is 4.79 Å². The van der Waals surface area contributed by atoms with Crippen LogP contribution in [0.15, 0.2) is 24.3 Å². The fourth-order valence-electron chi connectivity index (χ4n) is 1.19. The minimum absolute atomic E-state index is 0.223. The first kappa shape index (κ1) is 13.3. The van der Waals surface area contributed by atoms with Crippen molar-refractivity contribution in [2.75, 3.05) is 6.61 Å². The molecule has 1 N–H and O–H groups in total. The first-order valence-corrected chi connectivity index (χ1v) is 4.79. The Balaban J connectivity index is 2.68. The van der Waals surface area contributed by atoms with Gasteiger partial charge in [-0.3, -0.25) is 4.79 Å². The number of hydrogen-bond acceptors (Lipinski definition) is 2. The van der Waals surface area contributed by atoms with E-state index < -0.39 is 24.7 Å². The minimum atomic E-state index is -4.81. The first-order valence-electron chi connectivity index (χ1n) is 4.79. The van der Waals surface area contributed by atoms with Gasteiger partial charge < -0.3 is 9.84 Å². The number of carboxylic acids is 1. The van der Waals surface area contributed by atoms with E-state index in [4.69, 9.17) is 9.84 Å². The van der Waals surface area contributed by atoms with Crippen molar-refractivity contribution in [1.29, 1.82) is 0 Å². The topological polar surface area (TPSA) is 46.5 Å². The Morgan fingerprint density at radius 1 is 1.47 bits per heavy atom. The Hall–Kier alpha value is -1.72. The molecular formula is C11H11F3O3. The van der Waals surface area contributed by atoms with Crippen molar-refractivity contribution in [3.63, 3.8) is 0 Å². The van der Waals surface area contributed by atoms with Crippen molar-refractivity contribution in [3.05, 3.63) is 29.8 Å². The van der Waals surface area contributed by atoms with E-state index in [0.29, 0.717) is 0 Å². The fourth-order valence-corrected chi connectivity index (χ4v) is 1.19. The van der Waals surface area contributed by atoms with Crippen LogP contribution in [0.5, 0.6) is 5.75 Å². The van der Waals surface area contributed by atoms with Crippen LogP contribution >= 0.6 is 0 Å². The van der Waals surface area contributed by atoms with Gasteiger partial charge in [-0.25, -0.2) is 0 Å². The quantitative estimate of drug-likeness (QED) is 0.890. The Bertz CT molecular complexity index is 401. The zero-order valence-corrected chi connectivity index (χ0v) is 8.99. The summed E-state index contributed by atoms with van der Waals surface area (Å²) in [6.45, 7) is 0.827. The second kappa shape index (κ2) is 5.07. The number of halogens is 3. The lowest BCUT2D eigenvalue weighted by atomic mass is 10.1. The van der Waals surface area contributed by atoms with E-state index in [0.717, 1.165) is 5.56 Å². The maximum atomic E-state index is 12.3. The van der Waals surface area contributed by atoms with Gasteiger partial charge in [0.2, 0.25) is 0 Å². The smallest absolute Gasteiger partial charge is 0.405 e. The molecule has 17 heavy (non-hydrogen) atoms. The number of rotatable bonds is 4. The maximum Gasteiger partial charge on any atom is 0.405 e. The molecule has 1 unspecified atom stereocenters. The molecule has 0 radical (unpaired) electrons. The highest BCUT2D eigenvalue weighted by atomic mass is 19.4. The number of carboxylic acid groups (broad SMARTS) is 1. The molecule has 0 heterocycles. The molecule has 6 heteroatoms. The number of aryl methyl sites for hydroxylation is 1. The monoisotopic (exact) mass is 248 g/mol. The zero-order chi connectivity index (χ0) is 13.1. The number of benzene rings is 1. The second-order valence-electron chi connectivity index (χ2n) is 3.56. The molecular weight excluding hydrogens is 237 g/mol. The number of ether oxygens (including phenoxy) is 1. The maximum absolute atomic E-state index is 12.3. The molecule has 0 bridgehead atoms. The minimum Gasteiger partial charge on any atom is -0.492 e. The van der Waals surface area contributed by atoms with Gasteiger partial charge in [0.1, 0.15) is 12.4 Å². The molecule has 94 valence electrons. The van der Waals surface area contributed by atoms with Gasteiger partial charge >= 0.3 is 12.1 Å². The Kier molecular flexibility index (Phi) is 3.98. The third-order valence-corrected chi connectivity index (χ3v) is 2.10. The van der Waals surface area contributed by atoms with Crippen LogP contribution in [0, 0.1) is 12.8 Å². The molecule has 1 rings (SSSR count). The summed E-state index contributed by atoms with van der Waals surface area (Å²) in [4.78, 5) is 10.4. The summed E-state index contributed by atoms with van der Waals surface area (Å²) in [6, 6.07) is 6.39. The average Bonchev–Trinajstić information content (AvgIpc) is 2.15. The molecule has 0 saturated heterocycles. The Morgan fingerprint density at radius 2 is 2.12 bits per heavy atom. The van der Waals surface area contributed by atoms with Crippen molar-refractivity contribution in [3.8, 4) is 5.75 Å². The summed E-state index contributed by atoms with van der Waals surface area (Å²) in [6.07, 6.45) is -4.81. The van der Waals surface area contributed by atoms with E-state index in [1.54, 1.807) is 19.1 Å². The molecule has 0 aliphatic rings. The van der Waals surface area contributed by atoms with Gasteiger partial charge in [0.15, 0.2) is 5.92 Å². The van der Waals surface area contributed by atoms with E-state index in [1.165, 1.54) is 12.1 Å². The second-order valence-corrected chi connectivity index (χ2v) is 3.56. The van der Waals surface area contributed by atoms with E-state index in [1.807, 2.05) is 0 Å². The summed E-state index contributed by atoms with van der Waals surface area (Å²) in [5.41, 5.74) is 0.821. The van der Waals surface area contributed by atoms with E-state index in [2.05, 4.69) is 0 Å². The fraction of sp³-hybridized carbons (Fsp3) is 0.364. The van der Waals surface area contributed by atoms with Gasteiger partial charge in [-0.2, -0.15) is 13.2 Å². The van der Waals surface area contributed by atoms with E-state index in [-0.39, 0.29) is 5.75 Å². The molecule has 1 atom stereocenters. The zero-order valence-electron chi connectivity index (χ0n) is 8.99. The van der Waals surface area contributed by atoms with Gasteiger partial charge in [-0.1, -0.05) is 12.1 Å². The van der Waals surface area contributed by atoms with E-state index in [9.17, 15) is 18.0 Å². The van der Waals surface area contributed by atoms with Crippen LogP contribution < -0.4 is 4.74 Å². The van der Waals surface area contributed by atoms with E-state index >= 15 is 0 Å². The third-order valence-electron chi connectivity index (χ3n) is 2.10. The number of hydrogen-bond donors (Lipinski definition) is 1. The van der Waals surface area contributed by atoms with Crippen molar-refractivity contribution in [2.24, 2.45) is 5.92 Å². The lowest BCUT2D eigenvalue weighted by molar-refractivity contribution is -0.198. The van der Waals surface area contributed by atoms with Crippen molar-refractivity contribution in [2.45, 2.75) is 13.1 Å². The summed E-state index contributed by atoms with van der Waals surface area (Å²) >= 11 is 0. The predicted molar refractivity (Wildman–Crippen MR) is 53.9 cm³/mol. The third kappa shape index (κ3) is 3.97. The van der Waals surface area contributed by atoms with Crippen LogP contribution in [0.2, 0.25) is 0 Å². The van der Waals surface area contributed by atoms with Crippen molar-refractivity contribution in [1.82, 2.24) is 0 Å². The van der Waals surface area contributed by atoms with Crippen molar-refractivity contribution >= 4 is 5.97 Å². The van der Waals surface area contributed by atoms with Crippen molar-refractivity contribution < 1.29 is 27.8 Å². The Morgan fingerprint density at radius 3 is 2.59 bits per heavy atom.